The predicted octanol–water partition coefficient (Wildman–Crippen LogP) is 6.82. The number of nitrogens with zero attached hydrogens (tertiary/aromatic N) is 1. The molecule has 0 saturated carbocycles. The van der Waals surface area contributed by atoms with Crippen LogP contribution in [-0.2, 0) is 10.0 Å². The van der Waals surface area contributed by atoms with Gasteiger partial charge in [-0.15, -0.1) is 13.2 Å². The summed E-state index contributed by atoms with van der Waals surface area (Å²) < 4.78 is 48.2. The molecular formula is C26H35ClF3NO3Si. The summed E-state index contributed by atoms with van der Waals surface area (Å²) in [6, 6.07) is 12.4. The first-order valence-corrected chi connectivity index (χ1v) is 15.0. The number of halogens is 4. The van der Waals surface area contributed by atoms with Gasteiger partial charge in [-0.1, -0.05) is 63.6 Å². The molecule has 0 aromatic heterocycles. The van der Waals surface area contributed by atoms with Crippen LogP contribution >= 0.6 is 11.6 Å². The van der Waals surface area contributed by atoms with E-state index >= 15 is 0 Å². The smallest absolute Gasteiger partial charge is 0.416 e. The molecule has 0 bridgehead atoms. The minimum atomic E-state index is -4.78. The molecule has 1 aliphatic heterocycles. The summed E-state index contributed by atoms with van der Waals surface area (Å²) in [5.74, 6) is -0.335. The molecule has 1 atom stereocenters. The van der Waals surface area contributed by atoms with Crippen molar-refractivity contribution >= 4 is 19.9 Å². The molecule has 0 unspecified atom stereocenters. The van der Waals surface area contributed by atoms with Crippen molar-refractivity contribution in [2.24, 2.45) is 5.41 Å². The Morgan fingerprint density at radius 1 is 1.03 bits per heavy atom. The molecule has 1 saturated heterocycles. The van der Waals surface area contributed by atoms with Gasteiger partial charge in [-0.3, -0.25) is 4.90 Å². The summed E-state index contributed by atoms with van der Waals surface area (Å²) in [5.41, 5.74) is -0.991. The highest BCUT2D eigenvalue weighted by Crippen LogP contribution is 2.51. The van der Waals surface area contributed by atoms with Crippen molar-refractivity contribution in [3.63, 3.8) is 0 Å². The fourth-order valence-electron chi connectivity index (χ4n) is 4.45. The van der Waals surface area contributed by atoms with Crippen LogP contribution in [0.5, 0.6) is 5.75 Å². The van der Waals surface area contributed by atoms with Crippen LogP contribution < -0.4 is 4.74 Å². The molecule has 1 heterocycles. The minimum Gasteiger partial charge on any atom is -0.416 e. The third kappa shape index (κ3) is 6.05. The van der Waals surface area contributed by atoms with E-state index in [2.05, 4.69) is 43.5 Å². The molecule has 1 N–H and O–H groups in total. The van der Waals surface area contributed by atoms with Crippen molar-refractivity contribution in [1.29, 1.82) is 0 Å². The summed E-state index contributed by atoms with van der Waals surface area (Å²) in [7, 11) is -1.85. The van der Waals surface area contributed by atoms with Gasteiger partial charge in [-0.05, 0) is 53.5 Å². The van der Waals surface area contributed by atoms with E-state index in [4.69, 9.17) is 16.0 Å². The van der Waals surface area contributed by atoms with E-state index in [1.807, 2.05) is 6.92 Å². The molecular weight excluding hydrogens is 495 g/mol. The number of benzene rings is 2. The summed E-state index contributed by atoms with van der Waals surface area (Å²) >= 11 is 6.24. The Morgan fingerprint density at radius 3 is 2.14 bits per heavy atom. The van der Waals surface area contributed by atoms with Crippen LogP contribution in [0, 0.1) is 5.41 Å². The Kier molecular flexibility index (Phi) is 7.76. The van der Waals surface area contributed by atoms with Gasteiger partial charge in [-0.2, -0.15) is 0 Å². The zero-order valence-electron chi connectivity index (χ0n) is 21.2. The maximum absolute atomic E-state index is 12.6. The van der Waals surface area contributed by atoms with E-state index in [0.29, 0.717) is 35.8 Å². The molecule has 2 aromatic carbocycles. The maximum atomic E-state index is 12.6. The van der Waals surface area contributed by atoms with Crippen LogP contribution in [0.3, 0.4) is 0 Å². The first-order valence-electron chi connectivity index (χ1n) is 11.7. The van der Waals surface area contributed by atoms with Crippen molar-refractivity contribution in [2.75, 3.05) is 26.2 Å². The Morgan fingerprint density at radius 2 is 1.63 bits per heavy atom. The SMILES string of the molecule is CC1([C@](O)(c2ccc(OC(F)(F)F)cc2)c2cccc(Cl)c2)CN(CCO[Si](C)(C)C(C)(C)C)C1. The van der Waals surface area contributed by atoms with Gasteiger partial charge in [0, 0.05) is 36.7 Å². The second kappa shape index (κ2) is 9.71. The summed E-state index contributed by atoms with van der Waals surface area (Å²) in [5, 5.41) is 12.8. The van der Waals surface area contributed by atoms with E-state index in [1.165, 1.54) is 24.3 Å². The number of alkyl halides is 3. The molecule has 0 spiro atoms. The summed E-state index contributed by atoms with van der Waals surface area (Å²) in [4.78, 5) is 2.23. The first kappa shape index (κ1) is 28.0. The zero-order chi connectivity index (χ0) is 26.3. The third-order valence-corrected chi connectivity index (χ3v) is 12.2. The van der Waals surface area contributed by atoms with Gasteiger partial charge in [0.1, 0.15) is 11.4 Å². The van der Waals surface area contributed by atoms with Gasteiger partial charge in [0.25, 0.3) is 0 Å². The number of ether oxygens (including phenoxy) is 1. The molecule has 1 fully saturated rings. The van der Waals surface area contributed by atoms with E-state index in [0.717, 1.165) is 6.54 Å². The Bertz CT molecular complexity index is 1020. The highest BCUT2D eigenvalue weighted by atomic mass is 35.5. The average Bonchev–Trinajstić information content (AvgIpc) is 2.70. The van der Waals surface area contributed by atoms with Crippen LogP contribution in [0.1, 0.15) is 38.8 Å². The van der Waals surface area contributed by atoms with Crippen LogP contribution in [0.25, 0.3) is 0 Å². The predicted molar refractivity (Wildman–Crippen MR) is 135 cm³/mol. The number of likely N-dealkylation sites (tertiary alicyclic amines) is 1. The largest absolute Gasteiger partial charge is 0.573 e. The highest BCUT2D eigenvalue weighted by molar-refractivity contribution is 6.74. The lowest BCUT2D eigenvalue weighted by Gasteiger charge is -2.57. The molecule has 2 aromatic rings. The van der Waals surface area contributed by atoms with Gasteiger partial charge >= 0.3 is 6.36 Å². The van der Waals surface area contributed by atoms with Crippen LogP contribution in [-0.4, -0.2) is 50.9 Å². The van der Waals surface area contributed by atoms with Gasteiger partial charge in [-0.25, -0.2) is 0 Å². The molecule has 0 aliphatic carbocycles. The molecule has 4 nitrogen and oxygen atoms in total. The van der Waals surface area contributed by atoms with Crippen molar-refractivity contribution in [1.82, 2.24) is 4.90 Å². The monoisotopic (exact) mass is 529 g/mol. The normalized spacial score (nSPS) is 18.6. The number of hydrogen-bond donors (Lipinski definition) is 1. The molecule has 3 rings (SSSR count). The fraction of sp³-hybridized carbons (Fsp3) is 0.538. The van der Waals surface area contributed by atoms with E-state index in [9.17, 15) is 18.3 Å². The quantitative estimate of drug-likeness (QED) is 0.381. The van der Waals surface area contributed by atoms with Crippen LogP contribution in [0.2, 0.25) is 23.2 Å². The Balaban J connectivity index is 1.81. The van der Waals surface area contributed by atoms with E-state index < -0.39 is 25.7 Å². The highest BCUT2D eigenvalue weighted by Gasteiger charge is 2.56. The standard InChI is InChI=1S/C26H35ClF3NO3Si/c1-23(2,3)35(5,6)33-15-14-31-17-24(4,18-31)25(32,20-8-7-9-21(27)16-20)19-10-12-22(13-11-19)34-26(28,29)30/h7-13,16,32H,14-15,17-18H2,1-6H3/t25-/m0/s1. The third-order valence-electron chi connectivity index (χ3n) is 7.44. The van der Waals surface area contributed by atoms with E-state index in [1.54, 1.807) is 24.3 Å². The second-order valence-electron chi connectivity index (χ2n) is 11.2. The topological polar surface area (TPSA) is 41.9 Å². The summed E-state index contributed by atoms with van der Waals surface area (Å²) in [6.45, 7) is 15.6. The molecule has 194 valence electrons. The lowest BCUT2D eigenvalue weighted by molar-refractivity contribution is -0.274. The number of aliphatic hydroxyl groups is 1. The van der Waals surface area contributed by atoms with Gasteiger partial charge < -0.3 is 14.3 Å². The van der Waals surface area contributed by atoms with Crippen molar-refractivity contribution in [3.05, 3.63) is 64.7 Å². The Labute approximate surface area is 212 Å². The molecule has 35 heavy (non-hydrogen) atoms. The average molecular weight is 530 g/mol. The van der Waals surface area contributed by atoms with Gasteiger partial charge in [0.05, 0.1) is 0 Å². The Hall–Kier alpha value is -1.58. The molecule has 0 radical (unpaired) electrons. The molecule has 0 amide bonds. The lowest BCUT2D eigenvalue weighted by atomic mass is 9.62. The van der Waals surface area contributed by atoms with Crippen molar-refractivity contribution in [2.45, 2.75) is 57.8 Å². The number of rotatable bonds is 8. The van der Waals surface area contributed by atoms with Gasteiger partial charge in [0.2, 0.25) is 0 Å². The van der Waals surface area contributed by atoms with Crippen molar-refractivity contribution < 1.29 is 27.4 Å². The van der Waals surface area contributed by atoms with E-state index in [-0.39, 0.29) is 10.8 Å². The minimum absolute atomic E-state index is 0.130. The molecule has 9 heteroatoms. The fourth-order valence-corrected chi connectivity index (χ4v) is 5.67. The lowest BCUT2D eigenvalue weighted by Crippen LogP contribution is -2.65. The number of hydrogen-bond acceptors (Lipinski definition) is 4. The second-order valence-corrected chi connectivity index (χ2v) is 16.4. The maximum Gasteiger partial charge on any atom is 0.573 e. The first-order chi connectivity index (χ1) is 16.0. The van der Waals surface area contributed by atoms with Crippen molar-refractivity contribution in [3.8, 4) is 5.75 Å². The summed E-state index contributed by atoms with van der Waals surface area (Å²) in [6.07, 6.45) is -4.78. The van der Waals surface area contributed by atoms with Crippen LogP contribution in [0.4, 0.5) is 13.2 Å². The van der Waals surface area contributed by atoms with Crippen LogP contribution in [0.15, 0.2) is 48.5 Å². The molecule has 1 aliphatic rings. The zero-order valence-corrected chi connectivity index (χ0v) is 22.9. The van der Waals surface area contributed by atoms with Gasteiger partial charge in [0.15, 0.2) is 8.32 Å².